The Morgan fingerprint density at radius 3 is 2.73 bits per heavy atom. The third-order valence-electron chi connectivity index (χ3n) is 4.48. The molecule has 0 unspecified atom stereocenters. The SMILES string of the molecule is CCCON=C1/C(=C2/C(=O)Nc3cc(Cl)c(Cl)cc32)Cc2ccccc21. The summed E-state index contributed by atoms with van der Waals surface area (Å²) >= 11 is 12.3. The maximum absolute atomic E-state index is 12.7. The molecular formula is C20H16Cl2N2O2. The topological polar surface area (TPSA) is 50.7 Å². The van der Waals surface area contributed by atoms with E-state index in [2.05, 4.69) is 10.5 Å². The molecule has 1 aliphatic heterocycles. The lowest BCUT2D eigenvalue weighted by Crippen LogP contribution is -2.10. The summed E-state index contributed by atoms with van der Waals surface area (Å²) in [6.07, 6.45) is 1.48. The van der Waals surface area contributed by atoms with Crippen molar-refractivity contribution in [3.8, 4) is 0 Å². The largest absolute Gasteiger partial charge is 0.395 e. The monoisotopic (exact) mass is 386 g/mol. The van der Waals surface area contributed by atoms with Gasteiger partial charge in [-0.2, -0.15) is 0 Å². The van der Waals surface area contributed by atoms with E-state index in [4.69, 9.17) is 28.0 Å². The summed E-state index contributed by atoms with van der Waals surface area (Å²) in [6.45, 7) is 2.55. The number of hydrogen-bond acceptors (Lipinski definition) is 3. The van der Waals surface area contributed by atoms with Crippen molar-refractivity contribution >= 4 is 46.1 Å². The second-order valence-corrected chi connectivity index (χ2v) is 7.04. The van der Waals surface area contributed by atoms with Gasteiger partial charge in [0.1, 0.15) is 12.3 Å². The molecule has 2 aromatic rings. The number of amides is 1. The minimum Gasteiger partial charge on any atom is -0.395 e. The van der Waals surface area contributed by atoms with Gasteiger partial charge in [0.05, 0.1) is 21.3 Å². The third-order valence-corrected chi connectivity index (χ3v) is 5.21. The fourth-order valence-electron chi connectivity index (χ4n) is 3.32. The number of oxime groups is 1. The number of nitrogens with one attached hydrogen (secondary N) is 1. The van der Waals surface area contributed by atoms with Crippen LogP contribution in [0.15, 0.2) is 47.1 Å². The van der Waals surface area contributed by atoms with Gasteiger partial charge in [-0.3, -0.25) is 4.79 Å². The quantitative estimate of drug-likeness (QED) is 0.453. The lowest BCUT2D eigenvalue weighted by molar-refractivity contribution is -0.110. The van der Waals surface area contributed by atoms with E-state index in [1.165, 1.54) is 0 Å². The van der Waals surface area contributed by atoms with Crippen LogP contribution in [-0.4, -0.2) is 18.2 Å². The van der Waals surface area contributed by atoms with Crippen LogP contribution in [0.2, 0.25) is 10.0 Å². The zero-order chi connectivity index (χ0) is 18.3. The van der Waals surface area contributed by atoms with Gasteiger partial charge in [0.25, 0.3) is 5.91 Å². The first-order chi connectivity index (χ1) is 12.6. The highest BCUT2D eigenvalue weighted by Crippen LogP contribution is 2.42. The molecule has 26 heavy (non-hydrogen) atoms. The first-order valence-electron chi connectivity index (χ1n) is 8.42. The van der Waals surface area contributed by atoms with Crippen molar-refractivity contribution in [1.82, 2.24) is 0 Å². The van der Waals surface area contributed by atoms with E-state index in [0.29, 0.717) is 40.0 Å². The number of rotatable bonds is 3. The van der Waals surface area contributed by atoms with Gasteiger partial charge >= 0.3 is 0 Å². The van der Waals surface area contributed by atoms with Crippen LogP contribution in [0, 0.1) is 0 Å². The van der Waals surface area contributed by atoms with Gasteiger partial charge in [0.2, 0.25) is 0 Å². The fraction of sp³-hybridized carbons (Fsp3) is 0.200. The Bertz CT molecular complexity index is 980. The molecule has 4 rings (SSSR count). The van der Waals surface area contributed by atoms with Gasteiger partial charge in [0.15, 0.2) is 0 Å². The zero-order valence-electron chi connectivity index (χ0n) is 14.1. The van der Waals surface area contributed by atoms with Crippen molar-refractivity contribution in [1.29, 1.82) is 0 Å². The van der Waals surface area contributed by atoms with Crippen LogP contribution >= 0.6 is 23.2 Å². The van der Waals surface area contributed by atoms with E-state index in [-0.39, 0.29) is 5.91 Å². The van der Waals surface area contributed by atoms with Crippen molar-refractivity contribution < 1.29 is 9.63 Å². The van der Waals surface area contributed by atoms with E-state index in [1.807, 2.05) is 31.2 Å². The Kier molecular flexibility index (Phi) is 4.47. The molecule has 0 spiro atoms. The minimum absolute atomic E-state index is 0.177. The number of halogens is 2. The molecular weight excluding hydrogens is 371 g/mol. The summed E-state index contributed by atoms with van der Waals surface area (Å²) in [5.74, 6) is -0.177. The fourth-order valence-corrected chi connectivity index (χ4v) is 3.65. The lowest BCUT2D eigenvalue weighted by Gasteiger charge is -2.07. The van der Waals surface area contributed by atoms with Crippen LogP contribution in [0.4, 0.5) is 5.69 Å². The molecule has 4 nitrogen and oxygen atoms in total. The van der Waals surface area contributed by atoms with Crippen LogP contribution in [0.5, 0.6) is 0 Å². The normalized spacial score (nSPS) is 19.5. The molecule has 132 valence electrons. The molecule has 1 N–H and O–H groups in total. The maximum Gasteiger partial charge on any atom is 0.256 e. The predicted octanol–water partition coefficient (Wildman–Crippen LogP) is 5.09. The summed E-state index contributed by atoms with van der Waals surface area (Å²) in [5, 5.41) is 8.04. The summed E-state index contributed by atoms with van der Waals surface area (Å²) in [4.78, 5) is 18.2. The van der Waals surface area contributed by atoms with Gasteiger partial charge in [-0.1, -0.05) is 59.5 Å². The van der Waals surface area contributed by atoms with Crippen LogP contribution < -0.4 is 5.32 Å². The van der Waals surface area contributed by atoms with Gasteiger partial charge in [0, 0.05) is 17.5 Å². The summed E-state index contributed by atoms with van der Waals surface area (Å²) in [5.41, 5.74) is 5.65. The summed E-state index contributed by atoms with van der Waals surface area (Å²) < 4.78 is 0. The van der Waals surface area contributed by atoms with E-state index in [0.717, 1.165) is 28.7 Å². The molecule has 0 fully saturated rings. The number of carbonyl (C=O) groups excluding carboxylic acids is 1. The molecule has 2 aliphatic rings. The lowest BCUT2D eigenvalue weighted by atomic mass is 9.98. The summed E-state index contributed by atoms with van der Waals surface area (Å²) in [6, 6.07) is 11.4. The Morgan fingerprint density at radius 1 is 1.15 bits per heavy atom. The Hall–Kier alpha value is -2.30. The molecule has 1 aliphatic carbocycles. The van der Waals surface area contributed by atoms with Gasteiger partial charge in [-0.15, -0.1) is 0 Å². The molecule has 0 saturated heterocycles. The minimum atomic E-state index is -0.177. The number of hydrogen-bond donors (Lipinski definition) is 1. The first kappa shape index (κ1) is 17.1. The van der Waals surface area contributed by atoms with Crippen LogP contribution in [-0.2, 0) is 16.1 Å². The van der Waals surface area contributed by atoms with Crippen LogP contribution in [0.25, 0.3) is 5.57 Å². The third kappa shape index (κ3) is 2.79. The van der Waals surface area contributed by atoms with E-state index < -0.39 is 0 Å². The van der Waals surface area contributed by atoms with Crippen LogP contribution in [0.3, 0.4) is 0 Å². The second-order valence-electron chi connectivity index (χ2n) is 6.23. The van der Waals surface area contributed by atoms with Crippen molar-refractivity contribution in [2.45, 2.75) is 19.8 Å². The van der Waals surface area contributed by atoms with Crippen molar-refractivity contribution in [2.24, 2.45) is 5.16 Å². The van der Waals surface area contributed by atoms with E-state index in [1.54, 1.807) is 12.1 Å². The molecule has 1 amide bonds. The highest BCUT2D eigenvalue weighted by atomic mass is 35.5. The highest BCUT2D eigenvalue weighted by molar-refractivity contribution is 6.44. The van der Waals surface area contributed by atoms with Crippen molar-refractivity contribution in [3.63, 3.8) is 0 Å². The average molecular weight is 387 g/mol. The van der Waals surface area contributed by atoms with Crippen molar-refractivity contribution in [3.05, 3.63) is 68.7 Å². The number of anilines is 1. The first-order valence-corrected chi connectivity index (χ1v) is 9.18. The average Bonchev–Trinajstić information content (AvgIpc) is 3.12. The molecule has 0 saturated carbocycles. The predicted molar refractivity (Wildman–Crippen MR) is 105 cm³/mol. The number of nitrogens with zero attached hydrogens (tertiary/aromatic N) is 1. The molecule has 1 heterocycles. The standard InChI is InChI=1S/C20H16Cl2N2O2/c1-2-7-26-24-19-12-6-4-3-5-11(12)8-14(19)18-13-9-15(21)16(22)10-17(13)23-20(18)25/h3-6,9-10H,2,7-8H2,1H3,(H,23,25)/b18-14+,24-19?. The van der Waals surface area contributed by atoms with Crippen LogP contribution in [0.1, 0.15) is 30.0 Å². The second kappa shape index (κ2) is 6.78. The molecule has 2 aromatic carbocycles. The number of allylic oxidation sites excluding steroid dienone is 1. The molecule has 0 atom stereocenters. The number of carbonyl (C=O) groups is 1. The zero-order valence-corrected chi connectivity index (χ0v) is 15.6. The Balaban J connectivity index is 1.90. The van der Waals surface area contributed by atoms with Gasteiger partial charge in [-0.05, 0) is 29.7 Å². The Morgan fingerprint density at radius 2 is 1.92 bits per heavy atom. The van der Waals surface area contributed by atoms with Crippen molar-refractivity contribution in [2.75, 3.05) is 11.9 Å². The van der Waals surface area contributed by atoms with Gasteiger partial charge < -0.3 is 10.2 Å². The van der Waals surface area contributed by atoms with E-state index in [9.17, 15) is 4.79 Å². The van der Waals surface area contributed by atoms with Gasteiger partial charge in [-0.25, -0.2) is 0 Å². The highest BCUT2D eigenvalue weighted by Gasteiger charge is 2.34. The Labute approximate surface area is 161 Å². The molecule has 0 bridgehead atoms. The smallest absolute Gasteiger partial charge is 0.256 e. The number of benzene rings is 2. The number of fused-ring (bicyclic) bond motifs is 2. The molecule has 0 aromatic heterocycles. The summed E-state index contributed by atoms with van der Waals surface area (Å²) in [7, 11) is 0. The van der Waals surface area contributed by atoms with E-state index >= 15 is 0 Å². The maximum atomic E-state index is 12.7. The molecule has 0 radical (unpaired) electrons. The molecule has 6 heteroatoms.